The summed E-state index contributed by atoms with van der Waals surface area (Å²) in [7, 11) is -2.66. The fourth-order valence-electron chi connectivity index (χ4n) is 0.164. The van der Waals surface area contributed by atoms with E-state index < -0.39 is 11.0 Å². The van der Waals surface area contributed by atoms with E-state index in [0.717, 1.165) is 0 Å². The molecular weight excluding hydrogens is 219 g/mol. The van der Waals surface area contributed by atoms with E-state index in [2.05, 4.69) is 20.1 Å². The predicted octanol–water partition coefficient (Wildman–Crippen LogP) is -0.336. The second-order valence-corrected chi connectivity index (χ2v) is 3.57. The topological polar surface area (TPSA) is 43.4 Å². The number of thiol groups is 1. The van der Waals surface area contributed by atoms with Crippen LogP contribution in [0, 0.1) is 0 Å². The van der Waals surface area contributed by atoms with Crippen molar-refractivity contribution >= 4 is 56.5 Å². The van der Waals surface area contributed by atoms with Crippen LogP contribution in [0.5, 0.6) is 0 Å². The SMILES string of the molecule is CC(Br)CO[SH](=O)=O.[NaH]. The maximum atomic E-state index is 9.70. The standard InChI is InChI=1S/C3H7BrO3S.Na.H/c1-3(4)2-7-8(5)6;;/h3,8H,2H2,1H3;;. The molecule has 6 heteroatoms. The van der Waals surface area contributed by atoms with Gasteiger partial charge in [0, 0.05) is 4.83 Å². The van der Waals surface area contributed by atoms with Crippen LogP contribution >= 0.6 is 15.9 Å². The van der Waals surface area contributed by atoms with Gasteiger partial charge in [-0.2, -0.15) is 0 Å². The Bertz CT molecular complexity index is 116. The van der Waals surface area contributed by atoms with Crippen molar-refractivity contribution in [2.75, 3.05) is 6.61 Å². The van der Waals surface area contributed by atoms with Crippen LogP contribution in [0.25, 0.3) is 0 Å². The fraction of sp³-hybridized carbons (Fsp3) is 1.00. The van der Waals surface area contributed by atoms with Gasteiger partial charge in [0.2, 0.25) is 0 Å². The van der Waals surface area contributed by atoms with Crippen molar-refractivity contribution in [3.63, 3.8) is 0 Å². The van der Waals surface area contributed by atoms with Crippen molar-refractivity contribution < 1.29 is 12.6 Å². The molecule has 0 radical (unpaired) electrons. The second-order valence-electron chi connectivity index (χ2n) is 1.30. The monoisotopic (exact) mass is 226 g/mol. The molecule has 0 spiro atoms. The molecule has 1 atom stereocenters. The Balaban J connectivity index is 0. The summed E-state index contributed by atoms with van der Waals surface area (Å²) >= 11 is 3.11. The van der Waals surface area contributed by atoms with Crippen LogP contribution in [0.2, 0.25) is 0 Å². The van der Waals surface area contributed by atoms with E-state index in [1.165, 1.54) is 0 Å². The molecule has 0 aliphatic carbocycles. The van der Waals surface area contributed by atoms with Crippen molar-refractivity contribution in [1.82, 2.24) is 0 Å². The first-order valence-electron chi connectivity index (χ1n) is 2.04. The Morgan fingerprint density at radius 3 is 2.22 bits per heavy atom. The zero-order valence-corrected chi connectivity index (χ0v) is 6.81. The van der Waals surface area contributed by atoms with Gasteiger partial charge in [-0.15, -0.1) is 0 Å². The van der Waals surface area contributed by atoms with Gasteiger partial charge in [-0.05, 0) is 0 Å². The van der Waals surface area contributed by atoms with Gasteiger partial charge >= 0.3 is 29.6 Å². The Labute approximate surface area is 86.7 Å². The molecule has 0 aliphatic heterocycles. The average molecular weight is 227 g/mol. The average Bonchev–Trinajstić information content (AvgIpc) is 1.61. The van der Waals surface area contributed by atoms with Crippen LogP contribution in [0.3, 0.4) is 0 Å². The van der Waals surface area contributed by atoms with E-state index in [1.807, 2.05) is 0 Å². The van der Waals surface area contributed by atoms with E-state index in [9.17, 15) is 8.42 Å². The molecular formula is C3H8BrNaO3S. The molecule has 0 aromatic heterocycles. The quantitative estimate of drug-likeness (QED) is 0.407. The van der Waals surface area contributed by atoms with Gasteiger partial charge in [-0.3, -0.25) is 4.18 Å². The second kappa shape index (κ2) is 7.50. The van der Waals surface area contributed by atoms with Gasteiger partial charge in [0.25, 0.3) is 11.0 Å². The summed E-state index contributed by atoms with van der Waals surface area (Å²) in [4.78, 5) is 0.0930. The first kappa shape index (κ1) is 13.0. The van der Waals surface area contributed by atoms with E-state index >= 15 is 0 Å². The zero-order chi connectivity index (χ0) is 6.57. The summed E-state index contributed by atoms with van der Waals surface area (Å²) in [5.41, 5.74) is 0. The van der Waals surface area contributed by atoms with Crippen LogP contribution in [0.1, 0.15) is 6.92 Å². The van der Waals surface area contributed by atoms with Gasteiger partial charge in [0.15, 0.2) is 0 Å². The Morgan fingerprint density at radius 2 is 2.11 bits per heavy atom. The molecule has 0 saturated heterocycles. The van der Waals surface area contributed by atoms with Crippen LogP contribution in [0.15, 0.2) is 0 Å². The number of hydrogen-bond donors (Lipinski definition) is 1. The molecule has 0 rings (SSSR count). The number of hydrogen-bond acceptors (Lipinski definition) is 3. The van der Waals surface area contributed by atoms with Crippen molar-refractivity contribution in [3.05, 3.63) is 0 Å². The van der Waals surface area contributed by atoms with E-state index in [4.69, 9.17) is 0 Å². The molecule has 1 unspecified atom stereocenters. The summed E-state index contributed by atoms with van der Waals surface area (Å²) in [5, 5.41) is 0. The molecule has 52 valence electrons. The van der Waals surface area contributed by atoms with Crippen LogP contribution in [-0.2, 0) is 15.2 Å². The Kier molecular flexibility index (Phi) is 10.8. The third-order valence-electron chi connectivity index (χ3n) is 0.410. The molecule has 0 heterocycles. The summed E-state index contributed by atoms with van der Waals surface area (Å²) in [6.07, 6.45) is 0. The minimum absolute atomic E-state index is 0. The molecule has 0 N–H and O–H groups in total. The number of halogens is 1. The van der Waals surface area contributed by atoms with Crippen molar-refractivity contribution in [1.29, 1.82) is 0 Å². The molecule has 0 aliphatic rings. The zero-order valence-electron chi connectivity index (χ0n) is 4.33. The molecule has 0 aromatic rings. The normalized spacial score (nSPS) is 12.8. The van der Waals surface area contributed by atoms with E-state index in [-0.39, 0.29) is 41.0 Å². The Morgan fingerprint density at radius 1 is 1.67 bits per heavy atom. The van der Waals surface area contributed by atoms with Crippen molar-refractivity contribution in [3.8, 4) is 0 Å². The minimum atomic E-state index is -2.66. The first-order valence-corrected chi connectivity index (χ1v) is 4.05. The third kappa shape index (κ3) is 12.6. The number of alkyl halides is 1. The van der Waals surface area contributed by atoms with Gasteiger partial charge in [0.05, 0.1) is 6.61 Å². The number of rotatable bonds is 3. The molecule has 9 heavy (non-hydrogen) atoms. The molecule has 0 aromatic carbocycles. The fourth-order valence-corrected chi connectivity index (χ4v) is 0.845. The van der Waals surface area contributed by atoms with Gasteiger partial charge < -0.3 is 0 Å². The molecule has 0 saturated carbocycles. The van der Waals surface area contributed by atoms with Gasteiger partial charge in [-0.1, -0.05) is 22.9 Å². The van der Waals surface area contributed by atoms with Crippen LogP contribution < -0.4 is 0 Å². The summed E-state index contributed by atoms with van der Waals surface area (Å²) in [6.45, 7) is 2.01. The van der Waals surface area contributed by atoms with E-state index in [1.54, 1.807) is 6.92 Å². The molecule has 3 nitrogen and oxygen atoms in total. The van der Waals surface area contributed by atoms with Crippen LogP contribution in [-0.4, -0.2) is 49.4 Å². The molecule has 0 bridgehead atoms. The van der Waals surface area contributed by atoms with Crippen molar-refractivity contribution in [2.45, 2.75) is 11.8 Å². The predicted molar refractivity (Wildman–Crippen MR) is 41.8 cm³/mol. The summed E-state index contributed by atoms with van der Waals surface area (Å²) in [5.74, 6) is 0. The van der Waals surface area contributed by atoms with Crippen LogP contribution in [0.4, 0.5) is 0 Å². The van der Waals surface area contributed by atoms with Gasteiger partial charge in [-0.25, -0.2) is 8.42 Å². The molecule has 0 amide bonds. The van der Waals surface area contributed by atoms with Gasteiger partial charge in [0.1, 0.15) is 0 Å². The molecule has 0 fully saturated rings. The summed E-state index contributed by atoms with van der Waals surface area (Å²) < 4.78 is 23.6. The summed E-state index contributed by atoms with van der Waals surface area (Å²) in [6, 6.07) is 0. The van der Waals surface area contributed by atoms with E-state index in [0.29, 0.717) is 0 Å². The first-order chi connectivity index (χ1) is 3.63. The van der Waals surface area contributed by atoms with Crippen molar-refractivity contribution in [2.24, 2.45) is 0 Å². The Hall–Kier alpha value is 1.39. The third-order valence-corrected chi connectivity index (χ3v) is 1.03. The maximum absolute atomic E-state index is 9.70.